The monoisotopic (exact) mass is 270 g/mol. The third-order valence-corrected chi connectivity index (χ3v) is 2.49. The first kappa shape index (κ1) is 13.4. The Morgan fingerprint density at radius 1 is 1.20 bits per heavy atom. The van der Waals surface area contributed by atoms with Crippen LogP contribution in [0.4, 0.5) is 26.2 Å². The molecule has 0 atom stereocenters. The lowest BCUT2D eigenvalue weighted by molar-refractivity contribution is 0.262. The Hall–Kier alpha value is -3.07. The zero-order valence-corrected chi connectivity index (χ0v) is 10.4. The number of halogens is 1. The quantitative estimate of drug-likeness (QED) is 0.733. The minimum absolute atomic E-state index is 0.00889. The number of nitrogens with two attached hydrogens (primary N) is 1. The highest BCUT2D eigenvalue weighted by Crippen LogP contribution is 2.16. The van der Waals surface area contributed by atoms with Gasteiger partial charge in [0, 0.05) is 11.4 Å². The van der Waals surface area contributed by atoms with Gasteiger partial charge in [-0.1, -0.05) is 6.07 Å². The number of hydrogen-bond acceptors (Lipinski definition) is 3. The molecule has 0 saturated carbocycles. The van der Waals surface area contributed by atoms with E-state index >= 15 is 0 Å². The van der Waals surface area contributed by atoms with E-state index in [1.807, 2.05) is 6.07 Å². The van der Waals surface area contributed by atoms with E-state index in [9.17, 15) is 9.18 Å². The molecule has 0 heterocycles. The lowest BCUT2D eigenvalue weighted by atomic mass is 10.2. The molecule has 0 saturated heterocycles. The van der Waals surface area contributed by atoms with E-state index in [4.69, 9.17) is 11.0 Å². The number of carbonyl (C=O) groups is 1. The number of amides is 2. The highest BCUT2D eigenvalue weighted by Gasteiger charge is 2.08. The van der Waals surface area contributed by atoms with Gasteiger partial charge >= 0.3 is 6.03 Å². The van der Waals surface area contributed by atoms with Crippen LogP contribution in [0.5, 0.6) is 0 Å². The average molecular weight is 270 g/mol. The molecular formula is C14H11FN4O. The first-order chi connectivity index (χ1) is 9.58. The molecule has 20 heavy (non-hydrogen) atoms. The maximum Gasteiger partial charge on any atom is 0.323 e. The lowest BCUT2D eigenvalue weighted by Crippen LogP contribution is -2.20. The van der Waals surface area contributed by atoms with Gasteiger partial charge in [-0.3, -0.25) is 0 Å². The summed E-state index contributed by atoms with van der Waals surface area (Å²) in [7, 11) is 0. The first-order valence-electron chi connectivity index (χ1n) is 5.71. The van der Waals surface area contributed by atoms with Crippen LogP contribution in [0.3, 0.4) is 0 Å². The summed E-state index contributed by atoms with van der Waals surface area (Å²) in [6.45, 7) is 0. The Balaban J connectivity index is 2.07. The molecule has 6 heteroatoms. The van der Waals surface area contributed by atoms with Crippen molar-refractivity contribution in [3.63, 3.8) is 0 Å². The summed E-state index contributed by atoms with van der Waals surface area (Å²) in [5.41, 5.74) is 6.76. The van der Waals surface area contributed by atoms with Gasteiger partial charge in [-0.2, -0.15) is 5.26 Å². The van der Waals surface area contributed by atoms with Gasteiger partial charge in [0.25, 0.3) is 0 Å². The molecule has 0 fully saturated rings. The van der Waals surface area contributed by atoms with Crippen molar-refractivity contribution in [1.29, 1.82) is 5.26 Å². The molecular weight excluding hydrogens is 259 g/mol. The first-order valence-corrected chi connectivity index (χ1v) is 5.71. The van der Waals surface area contributed by atoms with Crippen LogP contribution in [0.15, 0.2) is 42.5 Å². The van der Waals surface area contributed by atoms with Crippen LogP contribution in [0.1, 0.15) is 5.56 Å². The number of nitriles is 1. The molecule has 0 radical (unpaired) electrons. The van der Waals surface area contributed by atoms with Gasteiger partial charge in [0.15, 0.2) is 0 Å². The number of nitrogens with one attached hydrogen (secondary N) is 2. The molecule has 2 aromatic rings. The van der Waals surface area contributed by atoms with Crippen molar-refractivity contribution in [2.75, 3.05) is 16.4 Å². The molecule has 100 valence electrons. The minimum Gasteiger partial charge on any atom is -0.399 e. The fraction of sp³-hybridized carbons (Fsp3) is 0. The Kier molecular flexibility index (Phi) is 3.82. The standard InChI is InChI=1S/C14H11FN4O/c15-12-6-9(8-16)4-5-13(12)19-14(20)18-11-3-1-2-10(17)7-11/h1-7H,17H2,(H2,18,19,20). The van der Waals surface area contributed by atoms with Gasteiger partial charge in [0.2, 0.25) is 0 Å². The zero-order valence-electron chi connectivity index (χ0n) is 10.4. The number of urea groups is 1. The van der Waals surface area contributed by atoms with Gasteiger partial charge in [-0.15, -0.1) is 0 Å². The SMILES string of the molecule is N#Cc1ccc(NC(=O)Nc2cccc(N)c2)c(F)c1. The number of benzene rings is 2. The molecule has 5 nitrogen and oxygen atoms in total. The fourth-order valence-electron chi connectivity index (χ4n) is 1.59. The normalized spacial score (nSPS) is 9.60. The molecule has 0 unspecified atom stereocenters. The molecule has 0 aromatic heterocycles. The summed E-state index contributed by atoms with van der Waals surface area (Å²) in [6.07, 6.45) is 0. The number of carbonyl (C=O) groups excluding carboxylic acids is 1. The van der Waals surface area contributed by atoms with Crippen molar-refractivity contribution in [3.05, 3.63) is 53.8 Å². The molecule has 0 aliphatic rings. The second kappa shape index (κ2) is 5.71. The Morgan fingerprint density at radius 2 is 2.00 bits per heavy atom. The highest BCUT2D eigenvalue weighted by molar-refractivity contribution is 6.00. The van der Waals surface area contributed by atoms with E-state index in [0.717, 1.165) is 6.07 Å². The molecule has 0 aliphatic heterocycles. The van der Waals surface area contributed by atoms with Crippen LogP contribution in [0.2, 0.25) is 0 Å². The van der Waals surface area contributed by atoms with Crippen LogP contribution in [-0.4, -0.2) is 6.03 Å². The van der Waals surface area contributed by atoms with E-state index in [1.165, 1.54) is 12.1 Å². The van der Waals surface area contributed by atoms with Crippen LogP contribution in [0.25, 0.3) is 0 Å². The smallest absolute Gasteiger partial charge is 0.323 e. The second-order valence-corrected chi connectivity index (χ2v) is 4.01. The number of rotatable bonds is 2. The van der Waals surface area contributed by atoms with Gasteiger partial charge in [0.1, 0.15) is 5.82 Å². The van der Waals surface area contributed by atoms with Crippen LogP contribution in [0, 0.1) is 17.1 Å². The summed E-state index contributed by atoms with van der Waals surface area (Å²) < 4.78 is 13.6. The predicted molar refractivity (Wildman–Crippen MR) is 74.6 cm³/mol. The zero-order chi connectivity index (χ0) is 14.5. The molecule has 2 aromatic carbocycles. The largest absolute Gasteiger partial charge is 0.399 e. The molecule has 0 spiro atoms. The van der Waals surface area contributed by atoms with Crippen molar-refractivity contribution in [2.45, 2.75) is 0 Å². The van der Waals surface area contributed by atoms with Crippen LogP contribution < -0.4 is 16.4 Å². The highest BCUT2D eigenvalue weighted by atomic mass is 19.1. The van der Waals surface area contributed by atoms with E-state index in [0.29, 0.717) is 11.4 Å². The van der Waals surface area contributed by atoms with Crippen molar-refractivity contribution in [1.82, 2.24) is 0 Å². The summed E-state index contributed by atoms with van der Waals surface area (Å²) >= 11 is 0. The lowest BCUT2D eigenvalue weighted by Gasteiger charge is -2.09. The Bertz CT molecular complexity index is 694. The van der Waals surface area contributed by atoms with Crippen molar-refractivity contribution in [3.8, 4) is 6.07 Å². The van der Waals surface area contributed by atoms with Crippen molar-refractivity contribution < 1.29 is 9.18 Å². The van der Waals surface area contributed by atoms with Gasteiger partial charge in [-0.05, 0) is 36.4 Å². The van der Waals surface area contributed by atoms with Crippen LogP contribution >= 0.6 is 0 Å². The Morgan fingerprint density at radius 3 is 2.65 bits per heavy atom. The second-order valence-electron chi connectivity index (χ2n) is 4.01. The average Bonchev–Trinajstić information content (AvgIpc) is 2.41. The minimum atomic E-state index is -0.674. The number of anilines is 3. The van der Waals surface area contributed by atoms with E-state index < -0.39 is 11.8 Å². The fourth-order valence-corrected chi connectivity index (χ4v) is 1.59. The molecule has 2 rings (SSSR count). The maximum absolute atomic E-state index is 13.6. The number of nitrogen functional groups attached to an aromatic ring is 1. The molecule has 0 aliphatic carbocycles. The predicted octanol–water partition coefficient (Wildman–Crippen LogP) is 2.92. The van der Waals surface area contributed by atoms with Gasteiger partial charge < -0.3 is 16.4 Å². The van der Waals surface area contributed by atoms with Crippen molar-refractivity contribution in [2.24, 2.45) is 0 Å². The topological polar surface area (TPSA) is 90.9 Å². The van der Waals surface area contributed by atoms with E-state index in [-0.39, 0.29) is 11.3 Å². The molecule has 0 bridgehead atoms. The third-order valence-electron chi connectivity index (χ3n) is 2.49. The summed E-state index contributed by atoms with van der Waals surface area (Å²) in [5.74, 6) is -0.674. The number of nitrogens with zero attached hydrogens (tertiary/aromatic N) is 1. The molecule has 2 amide bonds. The van der Waals surface area contributed by atoms with Crippen molar-refractivity contribution >= 4 is 23.1 Å². The summed E-state index contributed by atoms with van der Waals surface area (Å²) in [5, 5.41) is 13.5. The van der Waals surface area contributed by atoms with E-state index in [1.54, 1.807) is 24.3 Å². The third kappa shape index (κ3) is 3.23. The number of hydrogen-bond donors (Lipinski definition) is 3. The van der Waals surface area contributed by atoms with E-state index in [2.05, 4.69) is 10.6 Å². The van der Waals surface area contributed by atoms with Gasteiger partial charge in [-0.25, -0.2) is 9.18 Å². The Labute approximate surface area is 114 Å². The van der Waals surface area contributed by atoms with Crippen LogP contribution in [-0.2, 0) is 0 Å². The summed E-state index contributed by atoms with van der Waals surface area (Å²) in [6, 6.07) is 11.6. The van der Waals surface area contributed by atoms with Gasteiger partial charge in [0.05, 0.1) is 17.3 Å². The molecule has 4 N–H and O–H groups in total. The maximum atomic E-state index is 13.6. The summed E-state index contributed by atoms with van der Waals surface area (Å²) in [4.78, 5) is 11.7.